The van der Waals surface area contributed by atoms with Crippen LogP contribution in [0.3, 0.4) is 0 Å². The molecule has 0 amide bonds. The van der Waals surface area contributed by atoms with Crippen molar-refractivity contribution in [1.29, 1.82) is 5.26 Å². The van der Waals surface area contributed by atoms with Gasteiger partial charge in [-0.15, -0.1) is 0 Å². The van der Waals surface area contributed by atoms with Crippen LogP contribution in [0.2, 0.25) is 0 Å². The van der Waals surface area contributed by atoms with Crippen molar-refractivity contribution in [1.82, 2.24) is 0 Å². The van der Waals surface area contributed by atoms with E-state index in [0.29, 0.717) is 18.8 Å². The molecule has 2 atom stereocenters. The molecule has 1 saturated carbocycles. The number of esters is 1. The third-order valence-corrected chi connectivity index (χ3v) is 4.14. The summed E-state index contributed by atoms with van der Waals surface area (Å²) in [4.78, 5) is 12.3. The van der Waals surface area contributed by atoms with E-state index >= 15 is 0 Å². The van der Waals surface area contributed by atoms with Crippen LogP contribution in [0.1, 0.15) is 47.9 Å². The van der Waals surface area contributed by atoms with Gasteiger partial charge in [0.2, 0.25) is 0 Å². The van der Waals surface area contributed by atoms with Gasteiger partial charge in [-0.25, -0.2) is 4.79 Å². The van der Waals surface area contributed by atoms with Gasteiger partial charge < -0.3 is 14.2 Å². The number of nitriles is 1. The fourth-order valence-corrected chi connectivity index (χ4v) is 2.95. The Labute approximate surface area is 129 Å². The topological polar surface area (TPSA) is 68.5 Å². The van der Waals surface area contributed by atoms with Crippen LogP contribution < -0.4 is 0 Å². The first-order valence-corrected chi connectivity index (χ1v) is 7.71. The molecular weight excluding hydrogens is 282 g/mol. The Morgan fingerprint density at radius 3 is 2.77 bits per heavy atom. The predicted molar refractivity (Wildman–Crippen MR) is 77.9 cm³/mol. The second-order valence-electron chi connectivity index (χ2n) is 5.66. The fraction of sp³-hybridized carbons (Fsp3) is 0.529. The van der Waals surface area contributed by atoms with Crippen molar-refractivity contribution in [2.24, 2.45) is 5.92 Å². The van der Waals surface area contributed by atoms with Crippen LogP contribution in [0.5, 0.6) is 0 Å². The molecule has 5 heteroatoms. The van der Waals surface area contributed by atoms with Gasteiger partial charge in [-0.1, -0.05) is 18.6 Å². The number of hydrogen-bond donors (Lipinski definition) is 0. The van der Waals surface area contributed by atoms with Crippen molar-refractivity contribution in [3.63, 3.8) is 0 Å². The van der Waals surface area contributed by atoms with Crippen LogP contribution in [0, 0.1) is 17.2 Å². The Morgan fingerprint density at radius 2 is 2.00 bits per heavy atom. The van der Waals surface area contributed by atoms with E-state index in [4.69, 9.17) is 19.5 Å². The van der Waals surface area contributed by atoms with Crippen molar-refractivity contribution in [2.75, 3.05) is 13.2 Å². The Kier molecular flexibility index (Phi) is 4.71. The molecule has 1 saturated heterocycles. The molecule has 2 fully saturated rings. The summed E-state index contributed by atoms with van der Waals surface area (Å²) in [6, 6.07) is 9.36. The van der Waals surface area contributed by atoms with E-state index in [2.05, 4.69) is 6.07 Å². The lowest BCUT2D eigenvalue weighted by molar-refractivity contribution is -0.0441. The zero-order valence-corrected chi connectivity index (χ0v) is 12.4. The number of benzene rings is 1. The monoisotopic (exact) mass is 301 g/mol. The van der Waals surface area contributed by atoms with Gasteiger partial charge in [0, 0.05) is 5.56 Å². The van der Waals surface area contributed by atoms with Gasteiger partial charge in [-0.05, 0) is 31.4 Å². The van der Waals surface area contributed by atoms with Crippen LogP contribution in [-0.2, 0) is 14.2 Å². The quantitative estimate of drug-likeness (QED) is 0.803. The molecule has 0 unspecified atom stereocenters. The number of nitrogens with zero attached hydrogens (tertiary/aromatic N) is 1. The summed E-state index contributed by atoms with van der Waals surface area (Å²) >= 11 is 0. The van der Waals surface area contributed by atoms with Gasteiger partial charge in [0.15, 0.2) is 6.29 Å². The van der Waals surface area contributed by atoms with Crippen molar-refractivity contribution >= 4 is 5.97 Å². The van der Waals surface area contributed by atoms with Crippen LogP contribution in [0.25, 0.3) is 0 Å². The molecule has 22 heavy (non-hydrogen) atoms. The number of ether oxygens (including phenoxy) is 3. The molecule has 2 aliphatic rings. The molecule has 116 valence electrons. The highest BCUT2D eigenvalue weighted by atomic mass is 16.7. The van der Waals surface area contributed by atoms with Crippen LogP contribution >= 0.6 is 0 Å². The number of carbonyl (C=O) groups is 1. The summed E-state index contributed by atoms with van der Waals surface area (Å²) in [7, 11) is 0. The lowest BCUT2D eigenvalue weighted by Gasteiger charge is -2.26. The molecule has 0 aromatic heterocycles. The lowest BCUT2D eigenvalue weighted by atomic mass is 9.87. The SMILES string of the molecule is N#C[C@@H]1CCCC[C@@H]1OC(=O)c1cccc(C2OCCO2)c1. The van der Waals surface area contributed by atoms with E-state index in [1.54, 1.807) is 18.2 Å². The maximum atomic E-state index is 12.3. The molecular formula is C17H19NO4. The average molecular weight is 301 g/mol. The zero-order valence-electron chi connectivity index (χ0n) is 12.4. The van der Waals surface area contributed by atoms with E-state index in [9.17, 15) is 4.79 Å². The Morgan fingerprint density at radius 1 is 1.23 bits per heavy atom. The predicted octanol–water partition coefficient (Wildman–Crippen LogP) is 2.97. The van der Waals surface area contributed by atoms with Gasteiger partial charge in [-0.3, -0.25) is 0 Å². The molecule has 1 aliphatic carbocycles. The molecule has 0 radical (unpaired) electrons. The van der Waals surface area contributed by atoms with Crippen molar-refractivity contribution in [3.8, 4) is 6.07 Å². The lowest BCUT2D eigenvalue weighted by Crippen LogP contribution is -2.29. The third-order valence-electron chi connectivity index (χ3n) is 4.14. The van der Waals surface area contributed by atoms with E-state index in [-0.39, 0.29) is 18.0 Å². The largest absolute Gasteiger partial charge is 0.457 e. The number of rotatable bonds is 3. The van der Waals surface area contributed by atoms with Gasteiger partial charge in [0.05, 0.1) is 30.8 Å². The van der Waals surface area contributed by atoms with E-state index in [1.807, 2.05) is 6.07 Å². The Bertz CT molecular complexity index is 574. The third kappa shape index (κ3) is 3.29. The Balaban J connectivity index is 1.69. The summed E-state index contributed by atoms with van der Waals surface area (Å²) < 4.78 is 16.4. The first kappa shape index (κ1) is 15.0. The van der Waals surface area contributed by atoms with Gasteiger partial charge in [-0.2, -0.15) is 5.26 Å². The molecule has 3 rings (SSSR count). The minimum Gasteiger partial charge on any atom is -0.457 e. The minimum atomic E-state index is -0.408. The highest BCUT2D eigenvalue weighted by Gasteiger charge is 2.29. The highest BCUT2D eigenvalue weighted by Crippen LogP contribution is 2.28. The molecule has 0 spiro atoms. The van der Waals surface area contributed by atoms with Crippen molar-refractivity contribution in [3.05, 3.63) is 35.4 Å². The maximum Gasteiger partial charge on any atom is 0.338 e. The first-order valence-electron chi connectivity index (χ1n) is 7.71. The van der Waals surface area contributed by atoms with Crippen LogP contribution in [-0.4, -0.2) is 25.3 Å². The summed E-state index contributed by atoms with van der Waals surface area (Å²) in [6.07, 6.45) is 2.89. The average Bonchev–Trinajstić information content (AvgIpc) is 3.10. The molecule has 1 heterocycles. The first-order chi connectivity index (χ1) is 10.8. The number of carbonyl (C=O) groups excluding carboxylic acids is 1. The van der Waals surface area contributed by atoms with E-state index < -0.39 is 6.29 Å². The zero-order chi connectivity index (χ0) is 15.4. The van der Waals surface area contributed by atoms with Gasteiger partial charge in [0.1, 0.15) is 6.10 Å². The van der Waals surface area contributed by atoms with Crippen molar-refractivity contribution < 1.29 is 19.0 Å². The van der Waals surface area contributed by atoms with Gasteiger partial charge >= 0.3 is 5.97 Å². The Hall–Kier alpha value is -1.90. The van der Waals surface area contributed by atoms with E-state index in [0.717, 1.165) is 31.2 Å². The molecule has 1 aromatic rings. The van der Waals surface area contributed by atoms with E-state index in [1.165, 1.54) is 0 Å². The second-order valence-corrected chi connectivity index (χ2v) is 5.66. The standard InChI is InChI=1S/C17H19NO4/c18-11-14-4-1-2-7-15(14)22-16(19)12-5-3-6-13(10-12)17-20-8-9-21-17/h3,5-6,10,14-15,17H,1-2,4,7-9H2/t14-,15-/m0/s1. The summed E-state index contributed by atoms with van der Waals surface area (Å²) in [5.41, 5.74) is 1.28. The smallest absolute Gasteiger partial charge is 0.338 e. The van der Waals surface area contributed by atoms with Gasteiger partial charge in [0.25, 0.3) is 0 Å². The fourth-order valence-electron chi connectivity index (χ4n) is 2.95. The molecule has 0 bridgehead atoms. The summed E-state index contributed by atoms with van der Waals surface area (Å²) in [6.45, 7) is 1.12. The number of hydrogen-bond acceptors (Lipinski definition) is 5. The summed E-state index contributed by atoms with van der Waals surface area (Å²) in [5.74, 6) is -0.575. The molecule has 0 N–H and O–H groups in total. The highest BCUT2D eigenvalue weighted by molar-refractivity contribution is 5.89. The van der Waals surface area contributed by atoms with Crippen molar-refractivity contribution in [2.45, 2.75) is 38.1 Å². The minimum absolute atomic E-state index is 0.192. The van der Waals surface area contributed by atoms with Crippen LogP contribution in [0.15, 0.2) is 24.3 Å². The maximum absolute atomic E-state index is 12.3. The molecule has 5 nitrogen and oxygen atoms in total. The molecule has 1 aromatic carbocycles. The van der Waals surface area contributed by atoms with Crippen LogP contribution in [0.4, 0.5) is 0 Å². The molecule has 1 aliphatic heterocycles. The second kappa shape index (κ2) is 6.91. The normalized spacial score (nSPS) is 25.6. The summed E-state index contributed by atoms with van der Waals surface area (Å²) in [5, 5.41) is 9.16.